The molecule has 0 radical (unpaired) electrons. The normalized spacial score (nSPS) is 18.2. The van der Waals surface area contributed by atoms with Crippen molar-refractivity contribution in [2.45, 2.75) is 33.1 Å². The summed E-state index contributed by atoms with van der Waals surface area (Å²) < 4.78 is 0. The molecule has 3 nitrogen and oxygen atoms in total. The quantitative estimate of drug-likeness (QED) is 0.676. The zero-order chi connectivity index (χ0) is 11.6. The molecule has 3 heteroatoms. The fourth-order valence-corrected chi connectivity index (χ4v) is 2.42. The first kappa shape index (κ1) is 13.9. The molecule has 1 heterocycles. The second kappa shape index (κ2) is 8.97. The van der Waals surface area contributed by atoms with Crippen LogP contribution in [0.15, 0.2) is 0 Å². The maximum atomic E-state index is 3.40. The molecule has 1 fully saturated rings. The minimum Gasteiger partial charge on any atom is -0.314 e. The van der Waals surface area contributed by atoms with Gasteiger partial charge < -0.3 is 15.1 Å². The predicted octanol–water partition coefficient (Wildman–Crippen LogP) is 1.40. The van der Waals surface area contributed by atoms with Crippen LogP contribution in [0.25, 0.3) is 0 Å². The fourth-order valence-electron chi connectivity index (χ4n) is 2.42. The van der Waals surface area contributed by atoms with E-state index in [-0.39, 0.29) is 0 Å². The highest BCUT2D eigenvalue weighted by molar-refractivity contribution is 4.68. The van der Waals surface area contributed by atoms with E-state index in [0.29, 0.717) is 0 Å². The van der Waals surface area contributed by atoms with Crippen molar-refractivity contribution in [1.29, 1.82) is 0 Å². The first-order chi connectivity index (χ1) is 7.86. The summed E-state index contributed by atoms with van der Waals surface area (Å²) in [6.45, 7) is 14.5. The summed E-state index contributed by atoms with van der Waals surface area (Å²) in [4.78, 5) is 5.20. The third-order valence-electron chi connectivity index (χ3n) is 3.24. The molecule has 1 aliphatic rings. The molecule has 1 saturated heterocycles. The molecule has 0 aliphatic carbocycles. The molecular weight excluding hydrogens is 198 g/mol. The standard InChI is InChI=1S/C13H29N3/c1-3-8-15(9-4-2)10-5-11-16-12-6-14-7-13-16/h14H,3-13H2,1-2H3. The van der Waals surface area contributed by atoms with Crippen LogP contribution < -0.4 is 5.32 Å². The van der Waals surface area contributed by atoms with E-state index in [2.05, 4.69) is 29.0 Å². The first-order valence-corrected chi connectivity index (χ1v) is 7.02. The molecular formula is C13H29N3. The van der Waals surface area contributed by atoms with E-state index >= 15 is 0 Å². The largest absolute Gasteiger partial charge is 0.314 e. The average molecular weight is 227 g/mol. The van der Waals surface area contributed by atoms with Gasteiger partial charge in [0, 0.05) is 26.2 Å². The summed E-state index contributed by atoms with van der Waals surface area (Å²) in [6.07, 6.45) is 3.90. The number of nitrogens with one attached hydrogen (secondary N) is 1. The number of nitrogens with zero attached hydrogens (tertiary/aromatic N) is 2. The van der Waals surface area contributed by atoms with Crippen molar-refractivity contribution in [3.05, 3.63) is 0 Å². The Kier molecular flexibility index (Phi) is 7.81. The smallest absolute Gasteiger partial charge is 0.0107 e. The van der Waals surface area contributed by atoms with E-state index < -0.39 is 0 Å². The third kappa shape index (κ3) is 5.83. The second-order valence-electron chi connectivity index (χ2n) is 4.79. The maximum Gasteiger partial charge on any atom is 0.0107 e. The van der Waals surface area contributed by atoms with Crippen molar-refractivity contribution in [3.63, 3.8) is 0 Å². The Morgan fingerprint density at radius 3 is 2.19 bits per heavy atom. The van der Waals surface area contributed by atoms with Crippen LogP contribution in [0.3, 0.4) is 0 Å². The van der Waals surface area contributed by atoms with Crippen LogP contribution in [-0.4, -0.2) is 62.2 Å². The number of piperazine rings is 1. The van der Waals surface area contributed by atoms with E-state index in [1.807, 2.05) is 0 Å². The molecule has 0 bridgehead atoms. The van der Waals surface area contributed by atoms with Gasteiger partial charge in [-0.15, -0.1) is 0 Å². The second-order valence-corrected chi connectivity index (χ2v) is 4.79. The number of hydrogen-bond donors (Lipinski definition) is 1. The van der Waals surface area contributed by atoms with Gasteiger partial charge in [0.05, 0.1) is 0 Å². The first-order valence-electron chi connectivity index (χ1n) is 7.02. The highest BCUT2D eigenvalue weighted by Crippen LogP contribution is 1.99. The summed E-state index contributed by atoms with van der Waals surface area (Å²) in [5, 5.41) is 3.40. The molecule has 0 spiro atoms. The molecule has 0 saturated carbocycles. The van der Waals surface area contributed by atoms with E-state index in [0.717, 1.165) is 0 Å². The molecule has 0 aromatic heterocycles. The van der Waals surface area contributed by atoms with Gasteiger partial charge in [-0.05, 0) is 45.4 Å². The molecule has 16 heavy (non-hydrogen) atoms. The average Bonchev–Trinajstić information content (AvgIpc) is 2.31. The van der Waals surface area contributed by atoms with E-state index in [4.69, 9.17) is 0 Å². The van der Waals surface area contributed by atoms with E-state index in [1.165, 1.54) is 71.6 Å². The topological polar surface area (TPSA) is 18.5 Å². The maximum absolute atomic E-state index is 3.40. The van der Waals surface area contributed by atoms with Gasteiger partial charge >= 0.3 is 0 Å². The molecule has 0 aromatic rings. The van der Waals surface area contributed by atoms with E-state index in [9.17, 15) is 0 Å². The Morgan fingerprint density at radius 2 is 1.62 bits per heavy atom. The Balaban J connectivity index is 2.06. The number of hydrogen-bond acceptors (Lipinski definition) is 3. The van der Waals surface area contributed by atoms with Gasteiger partial charge in [0.25, 0.3) is 0 Å². The minimum absolute atomic E-state index is 1.17. The fraction of sp³-hybridized carbons (Fsp3) is 1.00. The van der Waals surface area contributed by atoms with Gasteiger partial charge in [-0.3, -0.25) is 0 Å². The van der Waals surface area contributed by atoms with E-state index in [1.54, 1.807) is 0 Å². The molecule has 1 N–H and O–H groups in total. The Bertz CT molecular complexity index is 149. The summed E-state index contributed by atoms with van der Waals surface area (Å²) in [5.74, 6) is 0. The minimum atomic E-state index is 1.17. The van der Waals surface area contributed by atoms with Crippen LogP contribution in [-0.2, 0) is 0 Å². The van der Waals surface area contributed by atoms with Crippen molar-refractivity contribution in [2.75, 3.05) is 52.4 Å². The highest BCUT2D eigenvalue weighted by atomic mass is 15.2. The van der Waals surface area contributed by atoms with Crippen LogP contribution in [0.5, 0.6) is 0 Å². The van der Waals surface area contributed by atoms with Crippen molar-refractivity contribution in [1.82, 2.24) is 15.1 Å². The van der Waals surface area contributed by atoms with Gasteiger partial charge in [0.1, 0.15) is 0 Å². The Morgan fingerprint density at radius 1 is 1.00 bits per heavy atom. The SMILES string of the molecule is CCCN(CCC)CCCN1CCNCC1. The number of rotatable bonds is 8. The van der Waals surface area contributed by atoms with Crippen LogP contribution in [0.2, 0.25) is 0 Å². The van der Waals surface area contributed by atoms with Gasteiger partial charge in [0.2, 0.25) is 0 Å². The van der Waals surface area contributed by atoms with Crippen LogP contribution in [0.4, 0.5) is 0 Å². The summed E-state index contributed by atoms with van der Waals surface area (Å²) in [5.41, 5.74) is 0. The summed E-state index contributed by atoms with van der Waals surface area (Å²) >= 11 is 0. The molecule has 0 amide bonds. The van der Waals surface area contributed by atoms with Gasteiger partial charge in [-0.2, -0.15) is 0 Å². The molecule has 0 unspecified atom stereocenters. The lowest BCUT2D eigenvalue weighted by Crippen LogP contribution is -2.44. The lowest BCUT2D eigenvalue weighted by Gasteiger charge is -2.28. The molecule has 96 valence electrons. The molecule has 1 aliphatic heterocycles. The monoisotopic (exact) mass is 227 g/mol. The molecule has 0 aromatic carbocycles. The van der Waals surface area contributed by atoms with Crippen LogP contribution in [0.1, 0.15) is 33.1 Å². The zero-order valence-electron chi connectivity index (χ0n) is 11.2. The third-order valence-corrected chi connectivity index (χ3v) is 3.24. The van der Waals surface area contributed by atoms with Crippen molar-refractivity contribution in [3.8, 4) is 0 Å². The lowest BCUT2D eigenvalue weighted by atomic mass is 10.3. The van der Waals surface area contributed by atoms with Crippen molar-refractivity contribution in [2.24, 2.45) is 0 Å². The molecule has 1 rings (SSSR count). The summed E-state index contributed by atoms with van der Waals surface area (Å²) in [6, 6.07) is 0. The van der Waals surface area contributed by atoms with Gasteiger partial charge in [0.15, 0.2) is 0 Å². The Hall–Kier alpha value is -0.120. The van der Waals surface area contributed by atoms with Crippen molar-refractivity contribution >= 4 is 0 Å². The Labute approximate surface area is 101 Å². The molecule has 0 atom stereocenters. The van der Waals surface area contributed by atoms with Gasteiger partial charge in [-0.25, -0.2) is 0 Å². The lowest BCUT2D eigenvalue weighted by molar-refractivity contribution is 0.210. The van der Waals surface area contributed by atoms with Crippen molar-refractivity contribution < 1.29 is 0 Å². The summed E-state index contributed by atoms with van der Waals surface area (Å²) in [7, 11) is 0. The van der Waals surface area contributed by atoms with Crippen LogP contribution >= 0.6 is 0 Å². The zero-order valence-corrected chi connectivity index (χ0v) is 11.2. The van der Waals surface area contributed by atoms with Gasteiger partial charge in [-0.1, -0.05) is 13.8 Å². The highest BCUT2D eigenvalue weighted by Gasteiger charge is 2.09. The predicted molar refractivity (Wildman–Crippen MR) is 70.9 cm³/mol. The van der Waals surface area contributed by atoms with Crippen LogP contribution in [0, 0.1) is 0 Å².